The Labute approximate surface area is 140 Å². The lowest BCUT2D eigenvalue weighted by molar-refractivity contribution is 0.394. The van der Waals surface area contributed by atoms with Gasteiger partial charge in [0.15, 0.2) is 0 Å². The number of nitrogens with two attached hydrogens (primary N) is 1. The van der Waals surface area contributed by atoms with E-state index in [0.29, 0.717) is 5.57 Å². The maximum atomic E-state index is 9.50. The fourth-order valence-electron chi connectivity index (χ4n) is 2.98. The van der Waals surface area contributed by atoms with Gasteiger partial charge in [0.05, 0.1) is 5.92 Å². The van der Waals surface area contributed by atoms with Gasteiger partial charge in [0.2, 0.25) is 5.88 Å². The van der Waals surface area contributed by atoms with Crippen LogP contribution in [0, 0.1) is 11.3 Å². The van der Waals surface area contributed by atoms with Crippen molar-refractivity contribution in [2.75, 3.05) is 18.0 Å². The van der Waals surface area contributed by atoms with Crippen molar-refractivity contribution < 1.29 is 4.74 Å². The number of nitrogens with zero attached hydrogens (tertiary/aromatic N) is 2. The van der Waals surface area contributed by atoms with Gasteiger partial charge in [0.1, 0.15) is 17.4 Å². The van der Waals surface area contributed by atoms with Crippen molar-refractivity contribution in [3.8, 4) is 11.8 Å². The van der Waals surface area contributed by atoms with E-state index in [-0.39, 0.29) is 11.8 Å². The highest BCUT2D eigenvalue weighted by Crippen LogP contribution is 2.44. The molecule has 2 N–H and O–H groups in total. The lowest BCUT2D eigenvalue weighted by Crippen LogP contribution is -2.24. The summed E-state index contributed by atoms with van der Waals surface area (Å²) in [7, 11) is 0. The highest BCUT2D eigenvalue weighted by Gasteiger charge is 2.31. The molecule has 0 spiro atoms. The second kappa shape index (κ2) is 6.35. The third-order valence-electron chi connectivity index (χ3n) is 4.16. The monoisotopic (exact) mass is 325 g/mol. The Bertz CT molecular complexity index is 770. The van der Waals surface area contributed by atoms with Gasteiger partial charge in [-0.05, 0) is 31.4 Å². The quantitative estimate of drug-likeness (QED) is 0.928. The molecule has 23 heavy (non-hydrogen) atoms. The molecule has 1 aliphatic rings. The van der Waals surface area contributed by atoms with Gasteiger partial charge in [-0.1, -0.05) is 12.1 Å². The molecular weight excluding hydrogens is 306 g/mol. The molecule has 2 aromatic rings. The summed E-state index contributed by atoms with van der Waals surface area (Å²) in [5, 5.41) is 11.5. The Hall–Kier alpha value is -2.45. The van der Waals surface area contributed by atoms with Gasteiger partial charge in [0.25, 0.3) is 0 Å². The average Bonchev–Trinajstić information content (AvgIpc) is 3.08. The van der Waals surface area contributed by atoms with Crippen molar-refractivity contribution in [2.45, 2.75) is 19.8 Å². The third-order valence-corrected chi connectivity index (χ3v) is 5.10. The SMILES string of the molecule is CCN(CC)c1ccc2c(c1)OC(N)=C(C#N)[C@@H]2c1cccs1. The molecule has 5 heteroatoms. The first kappa shape index (κ1) is 15.4. The fraction of sp³-hybridized carbons (Fsp3) is 0.278. The molecule has 0 amide bonds. The molecule has 0 bridgehead atoms. The van der Waals surface area contributed by atoms with Crippen LogP contribution in [0.4, 0.5) is 5.69 Å². The summed E-state index contributed by atoms with van der Waals surface area (Å²) >= 11 is 1.63. The summed E-state index contributed by atoms with van der Waals surface area (Å²) in [5.41, 5.74) is 8.60. The first-order valence-electron chi connectivity index (χ1n) is 7.69. The molecule has 0 fully saturated rings. The first-order chi connectivity index (χ1) is 11.2. The number of anilines is 1. The van der Waals surface area contributed by atoms with E-state index in [0.717, 1.165) is 35.0 Å². The zero-order valence-corrected chi connectivity index (χ0v) is 14.1. The van der Waals surface area contributed by atoms with Crippen LogP contribution in [-0.4, -0.2) is 13.1 Å². The molecule has 2 heterocycles. The van der Waals surface area contributed by atoms with Crippen LogP contribution < -0.4 is 15.4 Å². The molecule has 0 unspecified atom stereocenters. The van der Waals surface area contributed by atoms with E-state index in [4.69, 9.17) is 10.5 Å². The minimum atomic E-state index is -0.144. The maximum Gasteiger partial charge on any atom is 0.205 e. The number of hydrogen-bond donors (Lipinski definition) is 1. The van der Waals surface area contributed by atoms with Crippen molar-refractivity contribution in [1.29, 1.82) is 5.26 Å². The van der Waals surface area contributed by atoms with Crippen LogP contribution in [0.5, 0.6) is 5.75 Å². The van der Waals surface area contributed by atoms with Crippen molar-refractivity contribution in [2.24, 2.45) is 5.73 Å². The summed E-state index contributed by atoms with van der Waals surface area (Å²) < 4.78 is 5.76. The largest absolute Gasteiger partial charge is 0.440 e. The van der Waals surface area contributed by atoms with Crippen LogP contribution in [0.2, 0.25) is 0 Å². The van der Waals surface area contributed by atoms with E-state index < -0.39 is 0 Å². The van der Waals surface area contributed by atoms with Gasteiger partial charge in [-0.25, -0.2) is 0 Å². The minimum Gasteiger partial charge on any atom is -0.440 e. The molecule has 3 rings (SSSR count). The van der Waals surface area contributed by atoms with E-state index in [1.54, 1.807) is 11.3 Å². The van der Waals surface area contributed by atoms with Gasteiger partial charge >= 0.3 is 0 Å². The van der Waals surface area contributed by atoms with Gasteiger partial charge in [-0.15, -0.1) is 11.3 Å². The number of benzene rings is 1. The van der Waals surface area contributed by atoms with E-state index in [9.17, 15) is 5.26 Å². The van der Waals surface area contributed by atoms with Gasteiger partial charge in [0, 0.05) is 35.3 Å². The third kappa shape index (κ3) is 2.66. The van der Waals surface area contributed by atoms with Crippen molar-refractivity contribution in [3.05, 3.63) is 57.6 Å². The molecule has 118 valence electrons. The molecule has 0 saturated heterocycles. The Morgan fingerprint density at radius 1 is 1.30 bits per heavy atom. The van der Waals surface area contributed by atoms with Gasteiger partial charge in [-0.3, -0.25) is 0 Å². The molecule has 1 atom stereocenters. The lowest BCUT2D eigenvalue weighted by Gasteiger charge is -2.28. The number of hydrogen-bond acceptors (Lipinski definition) is 5. The van der Waals surface area contributed by atoms with Crippen LogP contribution in [0.3, 0.4) is 0 Å². The number of allylic oxidation sites excluding steroid dienone is 1. The first-order valence-corrected chi connectivity index (χ1v) is 8.57. The number of nitriles is 1. The smallest absolute Gasteiger partial charge is 0.205 e. The van der Waals surface area contributed by atoms with Crippen LogP contribution in [0.1, 0.15) is 30.2 Å². The summed E-state index contributed by atoms with van der Waals surface area (Å²) in [6.07, 6.45) is 0. The normalized spacial score (nSPS) is 16.5. The van der Waals surface area contributed by atoms with E-state index >= 15 is 0 Å². The van der Waals surface area contributed by atoms with Crippen LogP contribution in [0.15, 0.2) is 47.2 Å². The van der Waals surface area contributed by atoms with Crippen molar-refractivity contribution in [3.63, 3.8) is 0 Å². The summed E-state index contributed by atoms with van der Waals surface area (Å²) in [5.74, 6) is 0.800. The minimum absolute atomic E-state index is 0.144. The molecule has 1 aliphatic heterocycles. The molecule has 4 nitrogen and oxygen atoms in total. The van der Waals surface area contributed by atoms with Crippen molar-refractivity contribution >= 4 is 17.0 Å². The summed E-state index contributed by atoms with van der Waals surface area (Å²) in [4.78, 5) is 3.35. The van der Waals surface area contributed by atoms with Gasteiger partial charge < -0.3 is 15.4 Å². The Morgan fingerprint density at radius 3 is 2.70 bits per heavy atom. The fourth-order valence-corrected chi connectivity index (χ4v) is 3.83. The molecule has 0 aliphatic carbocycles. The van der Waals surface area contributed by atoms with E-state index in [2.05, 4.69) is 36.9 Å². The highest BCUT2D eigenvalue weighted by molar-refractivity contribution is 7.10. The van der Waals surface area contributed by atoms with Crippen molar-refractivity contribution in [1.82, 2.24) is 0 Å². The zero-order valence-electron chi connectivity index (χ0n) is 13.2. The summed E-state index contributed by atoms with van der Waals surface area (Å²) in [6, 6.07) is 12.4. The Kier molecular flexibility index (Phi) is 4.26. The van der Waals surface area contributed by atoms with Crippen LogP contribution in [-0.2, 0) is 0 Å². The predicted molar refractivity (Wildman–Crippen MR) is 93.6 cm³/mol. The second-order valence-corrected chi connectivity index (χ2v) is 6.31. The zero-order chi connectivity index (χ0) is 16.4. The van der Waals surface area contributed by atoms with Gasteiger partial charge in [-0.2, -0.15) is 5.26 Å². The van der Waals surface area contributed by atoms with E-state index in [1.807, 2.05) is 23.6 Å². The van der Waals surface area contributed by atoms with E-state index in [1.165, 1.54) is 0 Å². The molecule has 0 saturated carbocycles. The lowest BCUT2D eigenvalue weighted by atomic mass is 9.88. The average molecular weight is 325 g/mol. The topological polar surface area (TPSA) is 62.3 Å². The molecule has 0 radical (unpaired) electrons. The standard InChI is InChI=1S/C18H19N3OS/c1-3-21(4-2)12-7-8-13-15(10-12)22-18(20)14(11-19)17(13)16-6-5-9-23-16/h5-10,17H,3-4,20H2,1-2H3/t17-/m1/s1. The number of thiophene rings is 1. The Balaban J connectivity index is 2.11. The maximum absolute atomic E-state index is 9.50. The summed E-state index contributed by atoms with van der Waals surface area (Å²) in [6.45, 7) is 6.11. The molecule has 1 aromatic carbocycles. The second-order valence-electron chi connectivity index (χ2n) is 5.33. The highest BCUT2D eigenvalue weighted by atomic mass is 32.1. The molecule has 1 aromatic heterocycles. The number of ether oxygens (including phenoxy) is 1. The number of rotatable bonds is 4. The number of fused-ring (bicyclic) bond motifs is 1. The molecular formula is C18H19N3OS. The van der Waals surface area contributed by atoms with Crippen LogP contribution in [0.25, 0.3) is 0 Å². The Morgan fingerprint density at radius 2 is 2.09 bits per heavy atom. The predicted octanol–water partition coefficient (Wildman–Crippen LogP) is 3.81. The van der Waals surface area contributed by atoms with Crippen LogP contribution >= 0.6 is 11.3 Å².